The highest BCUT2D eigenvalue weighted by molar-refractivity contribution is 5.88. The minimum atomic E-state index is -0.230. The van der Waals surface area contributed by atoms with E-state index in [2.05, 4.69) is 30.1 Å². The largest absolute Gasteiger partial charge is 0.493 e. The van der Waals surface area contributed by atoms with Gasteiger partial charge in [0.2, 0.25) is 5.91 Å². The lowest BCUT2D eigenvalue weighted by Crippen LogP contribution is -2.49. The number of halogens is 1. The number of nitrogens with one attached hydrogen (secondary N) is 1. The molecule has 1 fully saturated rings. The quantitative estimate of drug-likeness (QED) is 0.324. The first-order valence-electron chi connectivity index (χ1n) is 13.1. The van der Waals surface area contributed by atoms with Crippen LogP contribution < -0.4 is 14.4 Å². The first-order valence-corrected chi connectivity index (χ1v) is 13.1. The normalized spacial score (nSPS) is 14.5. The van der Waals surface area contributed by atoms with Crippen LogP contribution in [0.5, 0.6) is 11.5 Å². The van der Waals surface area contributed by atoms with Crippen LogP contribution in [0.3, 0.4) is 0 Å². The number of aromatic nitrogens is 1. The van der Waals surface area contributed by atoms with Gasteiger partial charge in [0.1, 0.15) is 5.82 Å². The highest BCUT2D eigenvalue weighted by atomic mass is 19.1. The van der Waals surface area contributed by atoms with Gasteiger partial charge in [-0.2, -0.15) is 0 Å². The van der Waals surface area contributed by atoms with Gasteiger partial charge in [-0.1, -0.05) is 43.3 Å². The number of anilines is 1. The Balaban J connectivity index is 1.43. The Morgan fingerprint density at radius 2 is 1.74 bits per heavy atom. The Morgan fingerprint density at radius 3 is 2.45 bits per heavy atom. The van der Waals surface area contributed by atoms with Crippen LogP contribution in [-0.2, 0) is 11.2 Å². The fraction of sp³-hybridized carbons (Fsp3) is 0.323. The maximum absolute atomic E-state index is 14.3. The Bertz CT molecular complexity index is 1430. The summed E-state index contributed by atoms with van der Waals surface area (Å²) >= 11 is 0. The molecular weight excluding hydrogens is 481 g/mol. The predicted molar refractivity (Wildman–Crippen MR) is 149 cm³/mol. The number of amides is 1. The molecule has 0 unspecified atom stereocenters. The summed E-state index contributed by atoms with van der Waals surface area (Å²) in [6.07, 6.45) is 3.27. The number of ether oxygens (including phenoxy) is 2. The Labute approximate surface area is 223 Å². The third-order valence-corrected chi connectivity index (χ3v) is 7.60. The van der Waals surface area contributed by atoms with Crippen molar-refractivity contribution < 1.29 is 18.7 Å². The fourth-order valence-corrected chi connectivity index (χ4v) is 5.51. The van der Waals surface area contributed by atoms with E-state index in [9.17, 15) is 9.18 Å². The third kappa shape index (κ3) is 4.93. The van der Waals surface area contributed by atoms with Crippen molar-refractivity contribution in [1.29, 1.82) is 0 Å². The smallest absolute Gasteiger partial charge is 0.223 e. The van der Waals surface area contributed by atoms with Gasteiger partial charge in [-0.15, -0.1) is 0 Å². The van der Waals surface area contributed by atoms with Gasteiger partial charge in [0.05, 0.1) is 19.9 Å². The van der Waals surface area contributed by atoms with Crippen molar-refractivity contribution >= 4 is 22.5 Å². The molecule has 1 atom stereocenters. The number of methoxy groups -OCH3 is 2. The van der Waals surface area contributed by atoms with E-state index in [1.165, 1.54) is 11.6 Å². The number of para-hydroxylation sites is 2. The second-order valence-electron chi connectivity index (χ2n) is 9.63. The summed E-state index contributed by atoms with van der Waals surface area (Å²) in [6.45, 7) is 4.45. The number of carbonyl (C=O) groups excluding carboxylic acids is 1. The molecule has 1 aromatic heterocycles. The summed E-state index contributed by atoms with van der Waals surface area (Å²) < 4.78 is 25.3. The zero-order valence-corrected chi connectivity index (χ0v) is 22.2. The summed E-state index contributed by atoms with van der Waals surface area (Å²) in [5.41, 5.74) is 5.02. The molecule has 0 aliphatic carbocycles. The van der Waals surface area contributed by atoms with E-state index in [0.717, 1.165) is 28.5 Å². The molecule has 1 aliphatic rings. The maximum Gasteiger partial charge on any atom is 0.223 e. The summed E-state index contributed by atoms with van der Waals surface area (Å²) in [6, 6.07) is 19.0. The average molecular weight is 516 g/mol. The van der Waals surface area contributed by atoms with Crippen molar-refractivity contribution in [3.8, 4) is 11.5 Å². The van der Waals surface area contributed by atoms with Crippen molar-refractivity contribution in [3.05, 3.63) is 89.4 Å². The lowest BCUT2D eigenvalue weighted by Gasteiger charge is -2.36. The molecule has 4 aromatic rings. The third-order valence-electron chi connectivity index (χ3n) is 7.60. The zero-order chi connectivity index (χ0) is 26.6. The molecule has 1 aliphatic heterocycles. The molecule has 38 heavy (non-hydrogen) atoms. The van der Waals surface area contributed by atoms with Gasteiger partial charge in [0.15, 0.2) is 11.5 Å². The molecule has 3 aromatic carbocycles. The highest BCUT2D eigenvalue weighted by Gasteiger charge is 2.28. The molecule has 198 valence electrons. The van der Waals surface area contributed by atoms with Gasteiger partial charge < -0.3 is 24.3 Å². The zero-order valence-electron chi connectivity index (χ0n) is 22.2. The van der Waals surface area contributed by atoms with E-state index in [-0.39, 0.29) is 17.6 Å². The Hall–Kier alpha value is -4.00. The van der Waals surface area contributed by atoms with Crippen LogP contribution in [-0.4, -0.2) is 56.2 Å². The van der Waals surface area contributed by atoms with E-state index < -0.39 is 0 Å². The summed E-state index contributed by atoms with van der Waals surface area (Å²) in [7, 11) is 3.24. The molecule has 1 saturated heterocycles. The topological polar surface area (TPSA) is 57.8 Å². The number of nitrogens with zero attached hydrogens (tertiary/aromatic N) is 2. The van der Waals surface area contributed by atoms with Crippen molar-refractivity contribution in [1.82, 2.24) is 9.88 Å². The Kier molecular flexibility index (Phi) is 7.54. The Morgan fingerprint density at radius 1 is 0.974 bits per heavy atom. The summed E-state index contributed by atoms with van der Waals surface area (Å²) in [4.78, 5) is 21.1. The minimum absolute atomic E-state index is 0.0824. The van der Waals surface area contributed by atoms with Crippen LogP contribution in [0.4, 0.5) is 10.1 Å². The molecule has 6 nitrogen and oxygen atoms in total. The van der Waals surface area contributed by atoms with Crippen molar-refractivity contribution in [2.45, 2.75) is 25.7 Å². The SMILES string of the molecule is CCc1cccc2c([C@H](CC(=O)N3CCN(c4ccccc4F)CC3)c3ccc(OC)c(OC)c3)c[nH]c12. The van der Waals surface area contributed by atoms with Crippen LogP contribution in [0.1, 0.15) is 36.0 Å². The average Bonchev–Trinajstić information content (AvgIpc) is 3.40. The molecule has 1 N–H and O–H groups in total. The molecule has 0 saturated carbocycles. The maximum atomic E-state index is 14.3. The highest BCUT2D eigenvalue weighted by Crippen LogP contribution is 2.38. The molecular formula is C31H34FN3O3. The van der Waals surface area contributed by atoms with E-state index in [4.69, 9.17) is 9.47 Å². The number of piperazine rings is 1. The number of fused-ring (bicyclic) bond motifs is 1. The van der Waals surface area contributed by atoms with Crippen LogP contribution in [0.25, 0.3) is 10.9 Å². The predicted octanol–water partition coefficient (Wildman–Crippen LogP) is 5.76. The fourth-order valence-electron chi connectivity index (χ4n) is 5.51. The van der Waals surface area contributed by atoms with Gasteiger partial charge in [0, 0.05) is 55.6 Å². The van der Waals surface area contributed by atoms with E-state index in [1.807, 2.05) is 40.3 Å². The molecule has 0 radical (unpaired) electrons. The van der Waals surface area contributed by atoms with Gasteiger partial charge in [-0.05, 0) is 47.4 Å². The monoisotopic (exact) mass is 515 g/mol. The van der Waals surface area contributed by atoms with Gasteiger partial charge in [0.25, 0.3) is 0 Å². The standard InChI is InChI=1S/C31H34FN3O3/c1-4-21-8-7-9-23-25(20-33-31(21)23)24(22-12-13-28(37-2)29(18-22)38-3)19-30(36)35-16-14-34(15-17-35)27-11-6-5-10-26(27)32/h5-13,18,20,24,33H,4,14-17,19H2,1-3H3/t24-/m1/s1. The number of hydrogen-bond acceptors (Lipinski definition) is 4. The molecule has 0 bridgehead atoms. The van der Waals surface area contributed by atoms with Gasteiger partial charge in [-0.3, -0.25) is 4.79 Å². The van der Waals surface area contributed by atoms with Crippen LogP contribution >= 0.6 is 0 Å². The second kappa shape index (κ2) is 11.2. The first-order chi connectivity index (χ1) is 18.5. The number of aromatic amines is 1. The second-order valence-corrected chi connectivity index (χ2v) is 9.63. The lowest BCUT2D eigenvalue weighted by molar-refractivity contribution is -0.131. The molecule has 5 rings (SSSR count). The summed E-state index contributed by atoms with van der Waals surface area (Å²) in [5, 5.41) is 1.13. The minimum Gasteiger partial charge on any atom is -0.493 e. The first kappa shape index (κ1) is 25.6. The number of benzene rings is 3. The van der Waals surface area contributed by atoms with E-state index in [0.29, 0.717) is 49.8 Å². The molecule has 1 amide bonds. The summed E-state index contributed by atoms with van der Waals surface area (Å²) in [5.74, 6) is 0.964. The molecule has 7 heteroatoms. The lowest BCUT2D eigenvalue weighted by atomic mass is 9.87. The number of H-pyrrole nitrogens is 1. The number of rotatable bonds is 8. The van der Waals surface area contributed by atoms with E-state index in [1.54, 1.807) is 26.4 Å². The van der Waals surface area contributed by atoms with E-state index >= 15 is 0 Å². The van der Waals surface area contributed by atoms with Gasteiger partial charge >= 0.3 is 0 Å². The van der Waals surface area contributed by atoms with Crippen molar-refractivity contribution in [2.75, 3.05) is 45.3 Å². The van der Waals surface area contributed by atoms with Crippen LogP contribution in [0, 0.1) is 5.82 Å². The van der Waals surface area contributed by atoms with Gasteiger partial charge in [-0.25, -0.2) is 4.39 Å². The van der Waals surface area contributed by atoms with Crippen LogP contribution in [0.2, 0.25) is 0 Å². The van der Waals surface area contributed by atoms with Crippen molar-refractivity contribution in [2.24, 2.45) is 0 Å². The molecule has 0 spiro atoms. The van der Waals surface area contributed by atoms with Crippen LogP contribution in [0.15, 0.2) is 66.9 Å². The van der Waals surface area contributed by atoms with Crippen molar-refractivity contribution in [3.63, 3.8) is 0 Å². The molecule has 2 heterocycles. The number of hydrogen-bond donors (Lipinski definition) is 1. The number of aryl methyl sites for hydroxylation is 1. The number of carbonyl (C=O) groups is 1.